The van der Waals surface area contributed by atoms with E-state index in [1.54, 1.807) is 24.1 Å². The number of carbonyl (C=O) groups excluding carboxylic acids is 1. The summed E-state index contributed by atoms with van der Waals surface area (Å²) >= 11 is 6.81. The summed E-state index contributed by atoms with van der Waals surface area (Å²) in [5, 5.41) is 28.7. The van der Waals surface area contributed by atoms with Crippen LogP contribution in [0.5, 0.6) is 6.01 Å². The standard InChI is InChI=1S/C52H60ClN13O3.C2H6O/c1-4-37-29-56-66-45(27-46(58-49(37)66)61-22-6-5-7-23-61)55-28-36-16-17-47(67)64(31-36)30-35(2)51(68)65-26-25-63(32-39(65)18-20-54)50-41-19-24-62(44-15-9-12-38-11-8-14-42(53)48(38)44)33-43(41)57-52(59-50)69-34-40-13-10-21-60(40)3;1-2-3/h8-9,11-12,14-17,27,29,31,39-40,55H,2,4-7,10,13,18-19,21-26,28,30,32-34H2,1,3H3;3H,2H2,1H3/t39-,40?;/m0./s1. The zero-order valence-corrected chi connectivity index (χ0v) is 42.5. The number of nitriles is 1. The molecule has 6 aromatic rings. The normalized spacial score (nSPS) is 18.2. The summed E-state index contributed by atoms with van der Waals surface area (Å²) in [4.78, 5) is 53.7. The minimum Gasteiger partial charge on any atom is -0.462 e. The van der Waals surface area contributed by atoms with Crippen LogP contribution in [0.4, 0.5) is 23.1 Å². The third-order valence-electron chi connectivity index (χ3n) is 14.4. The number of piperazine rings is 1. The minimum atomic E-state index is -0.442. The Morgan fingerprint density at radius 3 is 2.53 bits per heavy atom. The molecule has 378 valence electrons. The van der Waals surface area contributed by atoms with Gasteiger partial charge in [0, 0.05) is 105 Å². The second kappa shape index (κ2) is 22.8. The van der Waals surface area contributed by atoms with Gasteiger partial charge in [0.05, 0.1) is 48.5 Å². The molecular formula is C54H66ClN13O4. The maximum atomic E-state index is 14.4. The lowest BCUT2D eigenvalue weighted by Crippen LogP contribution is -2.56. The lowest BCUT2D eigenvalue weighted by atomic mass is 10.0. The molecule has 0 saturated carbocycles. The number of anilines is 4. The van der Waals surface area contributed by atoms with Crippen molar-refractivity contribution in [1.82, 2.24) is 38.9 Å². The van der Waals surface area contributed by atoms with Crippen LogP contribution in [0.25, 0.3) is 16.4 Å². The van der Waals surface area contributed by atoms with E-state index in [9.17, 15) is 14.9 Å². The number of ether oxygens (including phenoxy) is 1. The van der Waals surface area contributed by atoms with Crippen molar-refractivity contribution < 1.29 is 14.6 Å². The van der Waals surface area contributed by atoms with Gasteiger partial charge in [-0.3, -0.25) is 9.59 Å². The molecule has 18 heteroatoms. The summed E-state index contributed by atoms with van der Waals surface area (Å²) in [5.74, 6) is 2.25. The lowest BCUT2D eigenvalue weighted by Gasteiger charge is -2.42. The number of halogens is 1. The van der Waals surface area contributed by atoms with Gasteiger partial charge in [0.1, 0.15) is 24.1 Å². The smallest absolute Gasteiger partial charge is 0.318 e. The molecule has 4 aliphatic heterocycles. The second-order valence-electron chi connectivity index (χ2n) is 19.2. The Morgan fingerprint density at radius 2 is 1.76 bits per heavy atom. The van der Waals surface area contributed by atoms with Crippen LogP contribution in [0.1, 0.15) is 74.8 Å². The third kappa shape index (κ3) is 10.9. The van der Waals surface area contributed by atoms with Crippen molar-refractivity contribution in [3.05, 3.63) is 117 Å². The van der Waals surface area contributed by atoms with Crippen molar-refractivity contribution in [3.8, 4) is 12.1 Å². The molecule has 17 nitrogen and oxygen atoms in total. The quantitative estimate of drug-likeness (QED) is 0.108. The Kier molecular flexibility index (Phi) is 15.9. The van der Waals surface area contributed by atoms with Gasteiger partial charge in [0.2, 0.25) is 0 Å². The van der Waals surface area contributed by atoms with Crippen molar-refractivity contribution in [3.63, 3.8) is 0 Å². The number of rotatable bonds is 14. The predicted octanol–water partition coefficient (Wildman–Crippen LogP) is 6.87. The summed E-state index contributed by atoms with van der Waals surface area (Å²) in [7, 11) is 2.13. The van der Waals surface area contributed by atoms with Crippen LogP contribution in [0.3, 0.4) is 0 Å². The largest absolute Gasteiger partial charge is 0.462 e. The van der Waals surface area contributed by atoms with Gasteiger partial charge in [0.15, 0.2) is 5.65 Å². The number of hydrogen-bond acceptors (Lipinski definition) is 14. The molecule has 10 rings (SSSR count). The number of aryl methyl sites for hydroxylation is 1. The van der Waals surface area contributed by atoms with Crippen molar-refractivity contribution in [1.29, 1.82) is 5.26 Å². The molecule has 4 aliphatic rings. The number of aromatic nitrogens is 6. The van der Waals surface area contributed by atoms with Crippen LogP contribution in [-0.4, -0.2) is 128 Å². The van der Waals surface area contributed by atoms with Gasteiger partial charge in [-0.2, -0.15) is 24.8 Å². The van der Waals surface area contributed by atoms with Gasteiger partial charge in [-0.1, -0.05) is 55.4 Å². The molecular weight excluding hydrogens is 930 g/mol. The number of nitrogens with one attached hydrogen (secondary N) is 1. The number of hydrogen-bond donors (Lipinski definition) is 2. The van der Waals surface area contributed by atoms with E-state index in [-0.39, 0.29) is 42.7 Å². The Balaban J connectivity index is 0.00000208. The van der Waals surface area contributed by atoms with E-state index in [1.807, 2.05) is 22.8 Å². The first-order chi connectivity index (χ1) is 35.1. The highest BCUT2D eigenvalue weighted by atomic mass is 35.5. The summed E-state index contributed by atoms with van der Waals surface area (Å²) < 4.78 is 9.80. The van der Waals surface area contributed by atoms with E-state index in [0.717, 1.165) is 120 Å². The number of carbonyl (C=O) groups is 1. The highest BCUT2D eigenvalue weighted by molar-refractivity contribution is 6.36. The van der Waals surface area contributed by atoms with Crippen LogP contribution >= 0.6 is 11.6 Å². The molecule has 0 aliphatic carbocycles. The summed E-state index contributed by atoms with van der Waals surface area (Å²) in [6, 6.07) is 20.1. The Labute approximate surface area is 426 Å². The molecule has 3 saturated heterocycles. The van der Waals surface area contributed by atoms with Crippen LogP contribution in [0.15, 0.2) is 83.9 Å². The maximum absolute atomic E-state index is 14.4. The molecule has 2 aromatic carbocycles. The van der Waals surface area contributed by atoms with E-state index >= 15 is 0 Å². The Bertz CT molecular complexity index is 3010. The summed E-state index contributed by atoms with van der Waals surface area (Å²) in [6.45, 7) is 14.6. The first kappa shape index (κ1) is 50.2. The van der Waals surface area contributed by atoms with Crippen LogP contribution < -0.4 is 30.3 Å². The van der Waals surface area contributed by atoms with E-state index < -0.39 is 6.04 Å². The molecule has 2 N–H and O–H groups in total. The Hall–Kier alpha value is -6.74. The molecule has 1 unspecified atom stereocenters. The molecule has 0 bridgehead atoms. The van der Waals surface area contributed by atoms with Crippen LogP contribution in [0.2, 0.25) is 5.02 Å². The average molecular weight is 997 g/mol. The number of pyridine rings is 1. The zero-order valence-electron chi connectivity index (χ0n) is 41.8. The molecule has 8 heterocycles. The number of likely N-dealkylation sites (tertiary alicyclic amines) is 1. The number of piperidine rings is 1. The average Bonchev–Trinajstić information content (AvgIpc) is 4.03. The van der Waals surface area contributed by atoms with Gasteiger partial charge in [-0.15, -0.1) is 0 Å². The molecule has 0 radical (unpaired) electrons. The third-order valence-corrected chi connectivity index (χ3v) is 14.7. The highest BCUT2D eigenvalue weighted by Gasteiger charge is 2.35. The number of aliphatic hydroxyl groups excluding tert-OH is 1. The van der Waals surface area contributed by atoms with Gasteiger partial charge >= 0.3 is 6.01 Å². The number of nitrogens with zero attached hydrogens (tertiary/aromatic N) is 12. The summed E-state index contributed by atoms with van der Waals surface area (Å²) in [5.41, 5.74) is 5.79. The van der Waals surface area contributed by atoms with Crippen LogP contribution in [0, 0.1) is 11.3 Å². The Morgan fingerprint density at radius 1 is 0.958 bits per heavy atom. The van der Waals surface area contributed by atoms with Crippen molar-refractivity contribution >= 4 is 57.1 Å². The minimum absolute atomic E-state index is 0.0112. The number of aliphatic hydroxyl groups is 1. The highest BCUT2D eigenvalue weighted by Crippen LogP contribution is 2.38. The number of amides is 1. The fourth-order valence-corrected chi connectivity index (χ4v) is 10.8. The molecule has 1 amide bonds. The first-order valence-corrected chi connectivity index (χ1v) is 25.9. The lowest BCUT2D eigenvalue weighted by molar-refractivity contribution is -0.130. The molecule has 3 fully saturated rings. The van der Waals surface area contributed by atoms with Gasteiger partial charge in [-0.05, 0) is 88.5 Å². The number of benzene rings is 2. The predicted molar refractivity (Wildman–Crippen MR) is 283 cm³/mol. The van der Waals surface area contributed by atoms with Crippen molar-refractivity contribution in [2.45, 2.75) is 96.9 Å². The van der Waals surface area contributed by atoms with E-state index in [1.165, 1.54) is 17.1 Å². The zero-order chi connectivity index (χ0) is 50.3. The molecule has 72 heavy (non-hydrogen) atoms. The molecule has 0 spiro atoms. The molecule has 4 aromatic heterocycles. The maximum Gasteiger partial charge on any atom is 0.318 e. The second-order valence-corrected chi connectivity index (χ2v) is 19.6. The van der Waals surface area contributed by atoms with E-state index in [4.69, 9.17) is 36.4 Å². The number of likely N-dealkylation sites (N-methyl/N-ethyl adjacent to an activating group) is 1. The molecule has 2 atom stereocenters. The fourth-order valence-electron chi connectivity index (χ4n) is 10.5. The van der Waals surface area contributed by atoms with Crippen LogP contribution in [-0.2, 0) is 37.3 Å². The van der Waals surface area contributed by atoms with Crippen molar-refractivity contribution in [2.75, 3.05) is 86.1 Å². The van der Waals surface area contributed by atoms with Gasteiger partial charge < -0.3 is 44.2 Å². The first-order valence-electron chi connectivity index (χ1n) is 25.5. The monoisotopic (exact) mass is 996 g/mol. The van der Waals surface area contributed by atoms with E-state index in [2.05, 4.69) is 87.0 Å². The number of fused-ring (bicyclic) bond motifs is 3. The van der Waals surface area contributed by atoms with Crippen molar-refractivity contribution in [2.24, 2.45) is 0 Å². The SMILES string of the molecule is C=C(Cn1cc(CNc2cc(N3CCCCC3)nc3c(CC)cnn23)ccc1=O)C(=O)N1CCN(c2nc(OCC3CCCN3C)nc3c2CCN(c2cccc4cccc(Cl)c24)C3)C[C@@H]1CC#N.CCO. The van der Waals surface area contributed by atoms with Gasteiger partial charge in [-0.25, -0.2) is 4.98 Å². The summed E-state index contributed by atoms with van der Waals surface area (Å²) in [6.07, 6.45) is 11.0. The van der Waals surface area contributed by atoms with E-state index in [0.29, 0.717) is 56.8 Å². The fraction of sp³-hybridized carbons (Fsp3) is 0.463. The topological polar surface area (TPSA) is 177 Å². The van der Waals surface area contributed by atoms with Gasteiger partial charge in [0.25, 0.3) is 11.5 Å².